The van der Waals surface area contributed by atoms with E-state index in [1.807, 2.05) is 0 Å². The van der Waals surface area contributed by atoms with Crippen molar-refractivity contribution in [3.8, 4) is 16.9 Å². The van der Waals surface area contributed by atoms with Gasteiger partial charge in [0.1, 0.15) is 17.3 Å². The highest BCUT2D eigenvalue weighted by atomic mass is 19.1. The minimum Gasteiger partial charge on any atom is -0.496 e. The van der Waals surface area contributed by atoms with Crippen molar-refractivity contribution < 1.29 is 14.1 Å². The van der Waals surface area contributed by atoms with Crippen LogP contribution in [-0.2, 0) is 0 Å². The Morgan fingerprint density at radius 2 is 2.00 bits per heavy atom. The highest BCUT2D eigenvalue weighted by molar-refractivity contribution is 5.76. The van der Waals surface area contributed by atoms with E-state index in [0.29, 0.717) is 16.9 Å². The van der Waals surface area contributed by atoms with Gasteiger partial charge in [0.2, 0.25) is 0 Å². The van der Waals surface area contributed by atoms with Crippen LogP contribution in [0, 0.1) is 15.9 Å². The minimum absolute atomic E-state index is 0.0785. The van der Waals surface area contributed by atoms with E-state index in [1.54, 1.807) is 6.07 Å². The van der Waals surface area contributed by atoms with Crippen LogP contribution in [0.15, 0.2) is 36.4 Å². The molecule has 2 aromatic rings. The molecule has 0 fully saturated rings. The summed E-state index contributed by atoms with van der Waals surface area (Å²) in [7, 11) is 1.41. The second-order valence-corrected chi connectivity index (χ2v) is 3.88. The maximum Gasteiger partial charge on any atom is 0.292 e. The van der Waals surface area contributed by atoms with E-state index in [1.165, 1.54) is 37.4 Å². The number of ether oxygens (including phenoxy) is 1. The molecule has 98 valence electrons. The third-order valence-corrected chi connectivity index (χ3v) is 2.70. The van der Waals surface area contributed by atoms with Crippen molar-refractivity contribution in [3.05, 3.63) is 52.3 Å². The number of methoxy groups -OCH3 is 1. The van der Waals surface area contributed by atoms with Crippen molar-refractivity contribution in [2.45, 2.75) is 0 Å². The first-order chi connectivity index (χ1) is 9.02. The summed E-state index contributed by atoms with van der Waals surface area (Å²) in [6.07, 6.45) is 0. The molecule has 0 spiro atoms. The molecule has 19 heavy (non-hydrogen) atoms. The van der Waals surface area contributed by atoms with Crippen LogP contribution in [0.3, 0.4) is 0 Å². The van der Waals surface area contributed by atoms with Crippen LogP contribution in [0.2, 0.25) is 0 Å². The van der Waals surface area contributed by atoms with Gasteiger partial charge in [0, 0.05) is 17.7 Å². The number of benzene rings is 2. The van der Waals surface area contributed by atoms with Gasteiger partial charge in [-0.2, -0.15) is 0 Å². The minimum atomic E-state index is -0.561. The lowest BCUT2D eigenvalue weighted by Gasteiger charge is -2.09. The number of hydrogen-bond donors (Lipinski definition) is 1. The first kappa shape index (κ1) is 12.8. The van der Waals surface area contributed by atoms with Gasteiger partial charge < -0.3 is 10.5 Å². The average molecular weight is 262 g/mol. The van der Waals surface area contributed by atoms with Crippen LogP contribution in [-0.4, -0.2) is 12.0 Å². The highest BCUT2D eigenvalue weighted by Crippen LogP contribution is 2.34. The summed E-state index contributed by atoms with van der Waals surface area (Å²) in [4.78, 5) is 10.3. The van der Waals surface area contributed by atoms with Crippen molar-refractivity contribution in [1.82, 2.24) is 0 Å². The normalized spacial score (nSPS) is 10.2. The van der Waals surface area contributed by atoms with Gasteiger partial charge in [-0.05, 0) is 23.8 Å². The lowest BCUT2D eigenvalue weighted by atomic mass is 10.0. The second-order valence-electron chi connectivity index (χ2n) is 3.88. The molecular formula is C13H11FN2O3. The number of nitrogens with zero attached hydrogens (tertiary/aromatic N) is 1. The van der Waals surface area contributed by atoms with Crippen molar-refractivity contribution in [3.63, 3.8) is 0 Å². The average Bonchev–Trinajstić information content (AvgIpc) is 2.39. The molecule has 0 radical (unpaired) electrons. The molecule has 0 aliphatic carbocycles. The molecule has 2 N–H and O–H groups in total. The molecule has 0 aliphatic heterocycles. The third kappa shape index (κ3) is 2.47. The van der Waals surface area contributed by atoms with E-state index in [-0.39, 0.29) is 11.4 Å². The molecule has 0 amide bonds. The van der Waals surface area contributed by atoms with Gasteiger partial charge in [0.25, 0.3) is 5.69 Å². The Kier molecular flexibility index (Phi) is 3.33. The van der Waals surface area contributed by atoms with Crippen LogP contribution in [0.4, 0.5) is 15.8 Å². The zero-order valence-corrected chi connectivity index (χ0v) is 10.1. The van der Waals surface area contributed by atoms with Gasteiger partial charge in [0.05, 0.1) is 12.0 Å². The van der Waals surface area contributed by atoms with Crippen LogP contribution < -0.4 is 10.5 Å². The molecule has 5 nitrogen and oxygen atoms in total. The van der Waals surface area contributed by atoms with Crippen LogP contribution in [0.1, 0.15) is 0 Å². The Bertz CT molecular complexity index is 644. The number of nitrogens with two attached hydrogens (primary N) is 1. The molecule has 0 heterocycles. The first-order valence-corrected chi connectivity index (χ1v) is 5.40. The monoisotopic (exact) mass is 262 g/mol. The molecule has 2 aromatic carbocycles. The summed E-state index contributed by atoms with van der Waals surface area (Å²) >= 11 is 0. The largest absolute Gasteiger partial charge is 0.496 e. The summed E-state index contributed by atoms with van der Waals surface area (Å²) < 4.78 is 18.2. The van der Waals surface area contributed by atoms with Crippen LogP contribution in [0.25, 0.3) is 11.1 Å². The summed E-state index contributed by atoms with van der Waals surface area (Å²) in [5.74, 6) is -0.135. The Balaban J connectivity index is 2.59. The Morgan fingerprint density at radius 1 is 1.26 bits per heavy atom. The van der Waals surface area contributed by atoms with Gasteiger partial charge in [-0.1, -0.05) is 6.07 Å². The standard InChI is InChI=1S/C13H11FN2O3/c1-19-13-7-9(14)3-4-10(13)8-2-5-11(15)12(6-8)16(17)18/h2-7H,15H2,1H3. The molecule has 0 aliphatic rings. The van der Waals surface area contributed by atoms with Gasteiger partial charge in [-0.25, -0.2) is 4.39 Å². The predicted octanol–water partition coefficient (Wildman–Crippen LogP) is 2.99. The van der Waals surface area contributed by atoms with Crippen LogP contribution >= 0.6 is 0 Å². The number of halogens is 1. The zero-order valence-electron chi connectivity index (χ0n) is 10.1. The molecule has 0 saturated heterocycles. The maximum atomic E-state index is 13.1. The van der Waals surface area contributed by atoms with Crippen molar-refractivity contribution in [1.29, 1.82) is 0 Å². The third-order valence-electron chi connectivity index (χ3n) is 2.70. The van der Waals surface area contributed by atoms with Crippen LogP contribution in [0.5, 0.6) is 5.75 Å². The van der Waals surface area contributed by atoms with Crippen molar-refractivity contribution in [2.24, 2.45) is 0 Å². The number of nitrogen functional groups attached to an aromatic ring is 1. The second kappa shape index (κ2) is 4.93. The molecule has 0 bridgehead atoms. The Morgan fingerprint density at radius 3 is 2.63 bits per heavy atom. The summed E-state index contributed by atoms with van der Waals surface area (Å²) in [5, 5.41) is 10.8. The topological polar surface area (TPSA) is 78.4 Å². The molecule has 0 unspecified atom stereocenters. The highest BCUT2D eigenvalue weighted by Gasteiger charge is 2.15. The van der Waals surface area contributed by atoms with E-state index < -0.39 is 10.7 Å². The smallest absolute Gasteiger partial charge is 0.292 e. The van der Waals surface area contributed by atoms with Crippen molar-refractivity contribution in [2.75, 3.05) is 12.8 Å². The fourth-order valence-corrected chi connectivity index (χ4v) is 1.77. The summed E-state index contributed by atoms with van der Waals surface area (Å²) in [6.45, 7) is 0. The fraction of sp³-hybridized carbons (Fsp3) is 0.0769. The predicted molar refractivity (Wildman–Crippen MR) is 69.5 cm³/mol. The SMILES string of the molecule is COc1cc(F)ccc1-c1ccc(N)c([N+](=O)[O-])c1. The van der Waals surface area contributed by atoms with Gasteiger partial charge in [-0.3, -0.25) is 10.1 Å². The van der Waals surface area contributed by atoms with Gasteiger partial charge in [-0.15, -0.1) is 0 Å². The molecule has 0 saturated carbocycles. The number of anilines is 1. The Hall–Kier alpha value is -2.63. The molecule has 0 aromatic heterocycles. The van der Waals surface area contributed by atoms with E-state index in [9.17, 15) is 14.5 Å². The zero-order chi connectivity index (χ0) is 14.0. The molecule has 6 heteroatoms. The van der Waals surface area contributed by atoms with Gasteiger partial charge in [0.15, 0.2) is 0 Å². The number of rotatable bonds is 3. The van der Waals surface area contributed by atoms with Crippen molar-refractivity contribution >= 4 is 11.4 Å². The maximum absolute atomic E-state index is 13.1. The number of hydrogen-bond acceptors (Lipinski definition) is 4. The van der Waals surface area contributed by atoms with E-state index >= 15 is 0 Å². The lowest BCUT2D eigenvalue weighted by molar-refractivity contribution is -0.383. The van der Waals surface area contributed by atoms with E-state index in [2.05, 4.69) is 0 Å². The summed E-state index contributed by atoms with van der Waals surface area (Å²) in [6, 6.07) is 8.39. The Labute approximate surface area is 108 Å². The number of nitro groups is 1. The molecule has 2 rings (SSSR count). The lowest BCUT2D eigenvalue weighted by Crippen LogP contribution is -1.96. The van der Waals surface area contributed by atoms with E-state index in [4.69, 9.17) is 10.5 Å². The first-order valence-electron chi connectivity index (χ1n) is 5.40. The molecular weight excluding hydrogens is 251 g/mol. The summed E-state index contributed by atoms with van der Waals surface area (Å²) in [5.41, 5.74) is 6.52. The van der Waals surface area contributed by atoms with Gasteiger partial charge >= 0.3 is 0 Å². The van der Waals surface area contributed by atoms with E-state index in [0.717, 1.165) is 0 Å². The quantitative estimate of drug-likeness (QED) is 0.524. The molecule has 0 atom stereocenters. The fourth-order valence-electron chi connectivity index (χ4n) is 1.77. The number of nitro benzene ring substituents is 1.